The molecule has 0 unspecified atom stereocenters. The molecule has 0 aliphatic heterocycles. The molecule has 0 saturated carbocycles. The van der Waals surface area contributed by atoms with Gasteiger partial charge in [0.25, 0.3) is 0 Å². The van der Waals surface area contributed by atoms with Crippen molar-refractivity contribution in [1.29, 1.82) is 0 Å². The second kappa shape index (κ2) is 4.75. The molecule has 1 heterocycles. The minimum atomic E-state index is 0.0758. The molecule has 0 amide bonds. The third-order valence-electron chi connectivity index (χ3n) is 2.59. The van der Waals surface area contributed by atoms with Gasteiger partial charge in [-0.15, -0.1) is 11.3 Å². The fourth-order valence-electron chi connectivity index (χ4n) is 1.72. The molecule has 2 rings (SSSR count). The SMILES string of the molecule is COc1ccc(-c2nc(O)cs2)cc1C(C)C. The molecule has 3 nitrogen and oxygen atoms in total. The van der Waals surface area contributed by atoms with E-state index >= 15 is 0 Å². The summed E-state index contributed by atoms with van der Waals surface area (Å²) >= 11 is 1.43. The normalized spacial score (nSPS) is 10.8. The first-order chi connectivity index (χ1) is 8.11. The van der Waals surface area contributed by atoms with Crippen molar-refractivity contribution in [2.45, 2.75) is 19.8 Å². The molecular weight excluding hydrogens is 234 g/mol. The molecule has 0 aliphatic carbocycles. The highest BCUT2D eigenvalue weighted by Crippen LogP contribution is 2.33. The maximum Gasteiger partial charge on any atom is 0.222 e. The van der Waals surface area contributed by atoms with Gasteiger partial charge in [0, 0.05) is 5.56 Å². The van der Waals surface area contributed by atoms with Crippen LogP contribution in [0.3, 0.4) is 0 Å². The van der Waals surface area contributed by atoms with Gasteiger partial charge in [0.1, 0.15) is 10.8 Å². The standard InChI is InChI=1S/C13H15NO2S/c1-8(2)10-6-9(4-5-11(10)16-3)13-14-12(15)7-17-13/h4-8,15H,1-3H3. The minimum absolute atomic E-state index is 0.0758. The third kappa shape index (κ3) is 2.42. The Kier molecular flexibility index (Phi) is 3.33. The summed E-state index contributed by atoms with van der Waals surface area (Å²) in [5.41, 5.74) is 2.17. The topological polar surface area (TPSA) is 42.4 Å². The van der Waals surface area contributed by atoms with Crippen molar-refractivity contribution in [2.24, 2.45) is 0 Å². The van der Waals surface area contributed by atoms with Crippen LogP contribution in [0.25, 0.3) is 10.6 Å². The van der Waals surface area contributed by atoms with Crippen LogP contribution in [-0.4, -0.2) is 17.2 Å². The van der Waals surface area contributed by atoms with Crippen LogP contribution in [0, 0.1) is 0 Å². The van der Waals surface area contributed by atoms with Crippen LogP contribution in [0.4, 0.5) is 0 Å². The van der Waals surface area contributed by atoms with E-state index in [1.165, 1.54) is 11.3 Å². The number of aromatic nitrogens is 1. The molecule has 0 fully saturated rings. The zero-order chi connectivity index (χ0) is 12.4. The molecule has 17 heavy (non-hydrogen) atoms. The molecule has 1 N–H and O–H groups in total. The van der Waals surface area contributed by atoms with Crippen LogP contribution in [0.15, 0.2) is 23.6 Å². The lowest BCUT2D eigenvalue weighted by molar-refractivity contribution is 0.407. The summed E-state index contributed by atoms with van der Waals surface area (Å²) < 4.78 is 5.34. The van der Waals surface area contributed by atoms with Gasteiger partial charge in [-0.2, -0.15) is 0 Å². The summed E-state index contributed by atoms with van der Waals surface area (Å²) in [4.78, 5) is 4.07. The summed E-state index contributed by atoms with van der Waals surface area (Å²) in [5, 5.41) is 11.7. The van der Waals surface area contributed by atoms with Crippen LogP contribution in [0.1, 0.15) is 25.3 Å². The van der Waals surface area contributed by atoms with Crippen LogP contribution >= 0.6 is 11.3 Å². The number of aromatic hydroxyl groups is 1. The van der Waals surface area contributed by atoms with Crippen molar-refractivity contribution < 1.29 is 9.84 Å². The summed E-state index contributed by atoms with van der Waals surface area (Å²) in [7, 11) is 1.68. The number of benzene rings is 1. The lowest BCUT2D eigenvalue weighted by Crippen LogP contribution is -1.94. The Morgan fingerprint density at radius 1 is 1.35 bits per heavy atom. The Morgan fingerprint density at radius 2 is 2.12 bits per heavy atom. The van der Waals surface area contributed by atoms with E-state index in [1.807, 2.05) is 12.1 Å². The van der Waals surface area contributed by atoms with E-state index in [4.69, 9.17) is 4.74 Å². The molecule has 4 heteroatoms. The van der Waals surface area contributed by atoms with Gasteiger partial charge in [-0.3, -0.25) is 0 Å². The molecule has 0 saturated heterocycles. The van der Waals surface area contributed by atoms with Crippen LogP contribution in [0.5, 0.6) is 11.6 Å². The monoisotopic (exact) mass is 249 g/mol. The first kappa shape index (κ1) is 11.9. The van der Waals surface area contributed by atoms with Gasteiger partial charge in [0.05, 0.1) is 12.5 Å². The molecule has 0 spiro atoms. The van der Waals surface area contributed by atoms with Crippen LogP contribution in [-0.2, 0) is 0 Å². The van der Waals surface area contributed by atoms with Gasteiger partial charge >= 0.3 is 0 Å². The van der Waals surface area contributed by atoms with E-state index in [1.54, 1.807) is 12.5 Å². The Morgan fingerprint density at radius 3 is 2.65 bits per heavy atom. The summed E-state index contributed by atoms with van der Waals surface area (Å²) in [6.45, 7) is 4.25. The second-order valence-electron chi connectivity index (χ2n) is 4.12. The smallest absolute Gasteiger partial charge is 0.222 e. The van der Waals surface area contributed by atoms with Crippen LogP contribution < -0.4 is 4.74 Å². The van der Waals surface area contributed by atoms with E-state index in [-0.39, 0.29) is 5.88 Å². The fraction of sp³-hybridized carbons (Fsp3) is 0.308. The number of methoxy groups -OCH3 is 1. The average Bonchev–Trinajstić information content (AvgIpc) is 2.75. The maximum atomic E-state index is 9.27. The van der Waals surface area contributed by atoms with E-state index in [2.05, 4.69) is 24.9 Å². The maximum absolute atomic E-state index is 9.27. The molecular formula is C13H15NO2S. The van der Waals surface area contributed by atoms with Crippen molar-refractivity contribution in [3.05, 3.63) is 29.1 Å². The Bertz CT molecular complexity index is 520. The van der Waals surface area contributed by atoms with E-state index in [0.29, 0.717) is 5.92 Å². The predicted octanol–water partition coefficient (Wildman–Crippen LogP) is 3.65. The Labute approximate surface area is 105 Å². The van der Waals surface area contributed by atoms with Gasteiger partial charge in [-0.25, -0.2) is 4.98 Å². The van der Waals surface area contributed by atoms with Gasteiger partial charge in [0.15, 0.2) is 0 Å². The summed E-state index contributed by atoms with van der Waals surface area (Å²) in [6, 6.07) is 5.98. The Hall–Kier alpha value is -1.55. The zero-order valence-corrected chi connectivity index (χ0v) is 10.9. The lowest BCUT2D eigenvalue weighted by Gasteiger charge is -2.12. The first-order valence-corrected chi connectivity index (χ1v) is 6.32. The van der Waals surface area contributed by atoms with Crippen molar-refractivity contribution in [3.8, 4) is 22.2 Å². The molecule has 90 valence electrons. The van der Waals surface area contributed by atoms with Gasteiger partial charge in [-0.1, -0.05) is 13.8 Å². The van der Waals surface area contributed by atoms with Crippen molar-refractivity contribution in [2.75, 3.05) is 7.11 Å². The number of ether oxygens (including phenoxy) is 1. The third-order valence-corrected chi connectivity index (χ3v) is 3.47. The number of thiazole rings is 1. The molecule has 1 aromatic heterocycles. The second-order valence-corrected chi connectivity index (χ2v) is 4.98. The first-order valence-electron chi connectivity index (χ1n) is 5.44. The number of nitrogens with zero attached hydrogens (tertiary/aromatic N) is 1. The van der Waals surface area contributed by atoms with Gasteiger partial charge < -0.3 is 9.84 Å². The fourth-order valence-corrected chi connectivity index (χ4v) is 2.40. The zero-order valence-electron chi connectivity index (χ0n) is 10.1. The number of rotatable bonds is 3. The van der Waals surface area contributed by atoms with E-state index in [0.717, 1.165) is 21.9 Å². The Balaban J connectivity index is 2.47. The molecule has 2 aromatic rings. The van der Waals surface area contributed by atoms with Gasteiger partial charge in [0.2, 0.25) is 5.88 Å². The van der Waals surface area contributed by atoms with Crippen molar-refractivity contribution >= 4 is 11.3 Å². The minimum Gasteiger partial charge on any atom is -0.496 e. The molecule has 1 aromatic carbocycles. The lowest BCUT2D eigenvalue weighted by atomic mass is 10.00. The molecule has 0 atom stereocenters. The summed E-state index contributed by atoms with van der Waals surface area (Å²) in [5.74, 6) is 1.36. The molecule has 0 radical (unpaired) electrons. The van der Waals surface area contributed by atoms with E-state index < -0.39 is 0 Å². The highest BCUT2D eigenvalue weighted by atomic mass is 32.1. The van der Waals surface area contributed by atoms with Crippen LogP contribution in [0.2, 0.25) is 0 Å². The average molecular weight is 249 g/mol. The largest absolute Gasteiger partial charge is 0.496 e. The number of hydrogen-bond acceptors (Lipinski definition) is 4. The van der Waals surface area contributed by atoms with Crippen molar-refractivity contribution in [3.63, 3.8) is 0 Å². The van der Waals surface area contributed by atoms with Gasteiger partial charge in [-0.05, 0) is 29.7 Å². The highest BCUT2D eigenvalue weighted by molar-refractivity contribution is 7.13. The quantitative estimate of drug-likeness (QED) is 0.902. The number of hydrogen-bond donors (Lipinski definition) is 1. The predicted molar refractivity (Wildman–Crippen MR) is 69.9 cm³/mol. The highest BCUT2D eigenvalue weighted by Gasteiger charge is 2.11. The summed E-state index contributed by atoms with van der Waals surface area (Å²) in [6.07, 6.45) is 0. The molecule has 0 bridgehead atoms. The van der Waals surface area contributed by atoms with E-state index in [9.17, 15) is 5.11 Å². The van der Waals surface area contributed by atoms with Crippen molar-refractivity contribution in [1.82, 2.24) is 4.98 Å². The molecule has 0 aliphatic rings.